The Morgan fingerprint density at radius 3 is 2.50 bits per heavy atom. The van der Waals surface area contributed by atoms with Gasteiger partial charge in [-0.3, -0.25) is 0 Å². The quantitative estimate of drug-likeness (QED) is 0.721. The van der Waals surface area contributed by atoms with E-state index >= 15 is 0 Å². The number of halogens is 4. The van der Waals surface area contributed by atoms with Crippen LogP contribution in [0.1, 0.15) is 17.8 Å². The zero-order valence-corrected chi connectivity index (χ0v) is 9.65. The first kappa shape index (κ1) is 11.5. The third-order valence-corrected chi connectivity index (χ3v) is 2.92. The van der Waals surface area contributed by atoms with Gasteiger partial charge in [-0.25, -0.2) is 18.7 Å². The fraction of sp³-hybridized carbons (Fsp3) is 0.200. The normalized spacial score (nSPS) is 11.4. The molecule has 0 spiro atoms. The highest BCUT2D eigenvalue weighted by Gasteiger charge is 2.16. The highest BCUT2D eigenvalue weighted by Crippen LogP contribution is 2.29. The van der Waals surface area contributed by atoms with Crippen molar-refractivity contribution >= 4 is 34.1 Å². The molecule has 6 heteroatoms. The number of benzene rings is 1. The number of alkyl halides is 2. The van der Waals surface area contributed by atoms with Gasteiger partial charge < -0.3 is 0 Å². The van der Waals surface area contributed by atoms with E-state index in [4.69, 9.17) is 23.2 Å². The molecule has 0 bridgehead atoms. The Morgan fingerprint density at radius 2 is 1.88 bits per heavy atom. The van der Waals surface area contributed by atoms with Crippen LogP contribution in [0.25, 0.3) is 10.9 Å². The SMILES string of the molecule is Cc1c(Cl)ccc2c(Cl)nc(C(F)F)nc12. The molecule has 0 aliphatic carbocycles. The molecule has 0 saturated carbocycles. The van der Waals surface area contributed by atoms with Crippen molar-refractivity contribution in [1.82, 2.24) is 9.97 Å². The highest BCUT2D eigenvalue weighted by molar-refractivity contribution is 6.35. The molecule has 0 amide bonds. The number of hydrogen-bond acceptors (Lipinski definition) is 2. The van der Waals surface area contributed by atoms with Crippen LogP contribution in [0.3, 0.4) is 0 Å². The van der Waals surface area contributed by atoms with E-state index in [1.807, 2.05) is 0 Å². The lowest BCUT2D eigenvalue weighted by Crippen LogP contribution is -1.98. The van der Waals surface area contributed by atoms with Crippen molar-refractivity contribution in [2.75, 3.05) is 0 Å². The molecular weight excluding hydrogens is 257 g/mol. The van der Waals surface area contributed by atoms with E-state index in [1.54, 1.807) is 19.1 Å². The van der Waals surface area contributed by atoms with Crippen LogP contribution in [-0.2, 0) is 0 Å². The standard InChI is InChI=1S/C10H6Cl2F2N2/c1-4-6(11)3-2-5-7(4)15-10(9(13)14)16-8(5)12/h2-3,9H,1H3. The number of rotatable bonds is 1. The van der Waals surface area contributed by atoms with Crippen LogP contribution in [0, 0.1) is 6.92 Å². The molecule has 0 atom stereocenters. The summed E-state index contributed by atoms with van der Waals surface area (Å²) in [5.41, 5.74) is 0.980. The highest BCUT2D eigenvalue weighted by atomic mass is 35.5. The van der Waals surface area contributed by atoms with Crippen LogP contribution < -0.4 is 0 Å². The summed E-state index contributed by atoms with van der Waals surface area (Å²) >= 11 is 11.7. The van der Waals surface area contributed by atoms with Crippen molar-refractivity contribution in [1.29, 1.82) is 0 Å². The summed E-state index contributed by atoms with van der Waals surface area (Å²) < 4.78 is 25.0. The Bertz CT molecular complexity index is 558. The third kappa shape index (κ3) is 1.83. The molecule has 0 N–H and O–H groups in total. The largest absolute Gasteiger partial charge is 0.297 e. The van der Waals surface area contributed by atoms with Crippen molar-refractivity contribution in [3.05, 3.63) is 33.7 Å². The molecular formula is C10H6Cl2F2N2. The summed E-state index contributed by atoms with van der Waals surface area (Å²) in [5, 5.41) is 0.996. The summed E-state index contributed by atoms with van der Waals surface area (Å²) in [6.07, 6.45) is -2.75. The molecule has 1 aromatic heterocycles. The van der Waals surface area contributed by atoms with Gasteiger partial charge in [0, 0.05) is 10.4 Å². The second kappa shape index (κ2) is 4.11. The molecule has 0 saturated heterocycles. The fourth-order valence-electron chi connectivity index (χ4n) is 1.38. The second-order valence-corrected chi connectivity index (χ2v) is 4.01. The smallest absolute Gasteiger partial charge is 0.227 e. The molecule has 1 aromatic carbocycles. The van der Waals surface area contributed by atoms with Gasteiger partial charge in [0.15, 0.2) is 5.82 Å². The average molecular weight is 263 g/mol. The van der Waals surface area contributed by atoms with Crippen molar-refractivity contribution < 1.29 is 8.78 Å². The number of aromatic nitrogens is 2. The molecule has 0 unspecified atom stereocenters. The summed E-state index contributed by atoms with van der Waals surface area (Å²) in [7, 11) is 0. The molecule has 2 rings (SSSR count). The maximum Gasteiger partial charge on any atom is 0.297 e. The number of nitrogens with zero attached hydrogens (tertiary/aromatic N) is 2. The molecule has 2 aromatic rings. The van der Waals surface area contributed by atoms with E-state index < -0.39 is 12.2 Å². The molecule has 2 nitrogen and oxygen atoms in total. The van der Waals surface area contributed by atoms with Crippen LogP contribution >= 0.6 is 23.2 Å². The molecule has 0 aliphatic rings. The predicted octanol–water partition coefficient (Wildman–Crippen LogP) is 4.18. The number of hydrogen-bond donors (Lipinski definition) is 0. The van der Waals surface area contributed by atoms with Gasteiger partial charge >= 0.3 is 0 Å². The minimum absolute atomic E-state index is 0.0140. The Hall–Kier alpha value is -1.00. The maximum atomic E-state index is 12.5. The van der Waals surface area contributed by atoms with E-state index in [1.165, 1.54) is 0 Å². The van der Waals surface area contributed by atoms with Crippen molar-refractivity contribution in [2.24, 2.45) is 0 Å². The fourth-order valence-corrected chi connectivity index (χ4v) is 1.78. The van der Waals surface area contributed by atoms with Crippen LogP contribution in [-0.4, -0.2) is 9.97 Å². The lowest BCUT2D eigenvalue weighted by atomic mass is 10.1. The summed E-state index contributed by atoms with van der Waals surface area (Å²) in [5.74, 6) is -0.581. The van der Waals surface area contributed by atoms with E-state index in [-0.39, 0.29) is 5.15 Å². The monoisotopic (exact) mass is 262 g/mol. The first-order chi connectivity index (χ1) is 7.50. The zero-order chi connectivity index (χ0) is 11.9. The lowest BCUT2D eigenvalue weighted by Gasteiger charge is -2.07. The summed E-state index contributed by atoms with van der Waals surface area (Å²) in [6, 6.07) is 3.25. The molecule has 0 aliphatic heterocycles. The molecule has 1 heterocycles. The van der Waals surface area contributed by atoms with Crippen LogP contribution in [0.4, 0.5) is 8.78 Å². The van der Waals surface area contributed by atoms with Gasteiger partial charge in [-0.1, -0.05) is 23.2 Å². The van der Waals surface area contributed by atoms with Gasteiger partial charge in [0.05, 0.1) is 5.52 Å². The van der Waals surface area contributed by atoms with Gasteiger partial charge in [-0.2, -0.15) is 0 Å². The topological polar surface area (TPSA) is 25.8 Å². The predicted molar refractivity (Wildman–Crippen MR) is 59.3 cm³/mol. The molecule has 0 fully saturated rings. The maximum absolute atomic E-state index is 12.5. The van der Waals surface area contributed by atoms with Crippen LogP contribution in [0.5, 0.6) is 0 Å². The van der Waals surface area contributed by atoms with E-state index in [9.17, 15) is 8.78 Å². The molecule has 84 valence electrons. The molecule has 16 heavy (non-hydrogen) atoms. The Kier molecular flexibility index (Phi) is 2.95. The lowest BCUT2D eigenvalue weighted by molar-refractivity contribution is 0.141. The third-order valence-electron chi connectivity index (χ3n) is 2.22. The first-order valence-corrected chi connectivity index (χ1v) is 5.16. The van der Waals surface area contributed by atoms with E-state index in [0.717, 1.165) is 0 Å². The van der Waals surface area contributed by atoms with Crippen molar-refractivity contribution in [3.63, 3.8) is 0 Å². The van der Waals surface area contributed by atoms with Crippen LogP contribution in [0.15, 0.2) is 12.1 Å². The Balaban J connectivity index is 2.83. The molecule has 0 radical (unpaired) electrons. The van der Waals surface area contributed by atoms with E-state index in [0.29, 0.717) is 21.5 Å². The van der Waals surface area contributed by atoms with Gasteiger partial charge in [-0.05, 0) is 24.6 Å². The van der Waals surface area contributed by atoms with Gasteiger partial charge in [0.25, 0.3) is 6.43 Å². The number of fused-ring (bicyclic) bond motifs is 1. The van der Waals surface area contributed by atoms with E-state index in [2.05, 4.69) is 9.97 Å². The van der Waals surface area contributed by atoms with Crippen molar-refractivity contribution in [2.45, 2.75) is 13.3 Å². The first-order valence-electron chi connectivity index (χ1n) is 4.41. The number of aryl methyl sites for hydroxylation is 1. The summed E-state index contributed by atoms with van der Waals surface area (Å²) in [4.78, 5) is 7.30. The second-order valence-electron chi connectivity index (χ2n) is 3.24. The van der Waals surface area contributed by atoms with Crippen LogP contribution in [0.2, 0.25) is 10.2 Å². The zero-order valence-electron chi connectivity index (χ0n) is 8.14. The van der Waals surface area contributed by atoms with Gasteiger partial charge in [0.1, 0.15) is 5.15 Å². The van der Waals surface area contributed by atoms with Gasteiger partial charge in [-0.15, -0.1) is 0 Å². The van der Waals surface area contributed by atoms with Crippen molar-refractivity contribution in [3.8, 4) is 0 Å². The minimum atomic E-state index is -2.75. The average Bonchev–Trinajstić information content (AvgIpc) is 2.23. The Morgan fingerprint density at radius 1 is 1.19 bits per heavy atom. The minimum Gasteiger partial charge on any atom is -0.227 e. The Labute approximate surface area is 100 Å². The summed E-state index contributed by atoms with van der Waals surface area (Å²) in [6.45, 7) is 1.70. The van der Waals surface area contributed by atoms with Gasteiger partial charge in [0.2, 0.25) is 0 Å².